The third-order valence-electron chi connectivity index (χ3n) is 3.38. The molecule has 24 heavy (non-hydrogen) atoms. The molecule has 0 unspecified atom stereocenters. The number of rotatable bonds is 6. The van der Waals surface area contributed by atoms with E-state index in [0.717, 1.165) is 5.01 Å². The summed E-state index contributed by atoms with van der Waals surface area (Å²) in [6.45, 7) is 0. The zero-order chi connectivity index (χ0) is 16.8. The van der Waals surface area contributed by atoms with Crippen LogP contribution in [0, 0.1) is 0 Å². The molecule has 0 atom stereocenters. The third kappa shape index (κ3) is 4.11. The van der Waals surface area contributed by atoms with Crippen LogP contribution in [-0.2, 0) is 6.42 Å². The largest absolute Gasteiger partial charge is 0.296 e. The molecule has 1 N–H and O–H groups in total. The highest BCUT2D eigenvalue weighted by molar-refractivity contribution is 7.15. The van der Waals surface area contributed by atoms with Crippen molar-refractivity contribution >= 4 is 28.2 Å². The number of nitrogens with one attached hydrogen (secondary N) is 1. The zero-order valence-corrected chi connectivity index (χ0v) is 13.6. The smallest absolute Gasteiger partial charge is 0.257 e. The van der Waals surface area contributed by atoms with E-state index in [1.807, 2.05) is 24.3 Å². The van der Waals surface area contributed by atoms with Crippen molar-refractivity contribution < 1.29 is 9.59 Å². The quantitative estimate of drug-likeness (QED) is 0.698. The molecular formula is C18H15N3O2S. The van der Waals surface area contributed by atoms with Crippen LogP contribution in [0.5, 0.6) is 0 Å². The number of nitrogens with zero attached hydrogens (tertiary/aromatic N) is 2. The van der Waals surface area contributed by atoms with Gasteiger partial charge in [0, 0.05) is 24.0 Å². The molecule has 0 spiro atoms. The van der Waals surface area contributed by atoms with E-state index >= 15 is 0 Å². The molecule has 1 amide bonds. The fraction of sp³-hybridized carbons (Fsp3) is 0.111. The Bertz CT molecular complexity index is 832. The van der Waals surface area contributed by atoms with E-state index in [1.165, 1.54) is 11.3 Å². The van der Waals surface area contributed by atoms with Crippen LogP contribution in [0.4, 0.5) is 5.13 Å². The summed E-state index contributed by atoms with van der Waals surface area (Å²) in [6.07, 6.45) is 0.873. The van der Waals surface area contributed by atoms with Crippen LogP contribution in [0.25, 0.3) is 0 Å². The molecule has 0 saturated carbocycles. The highest BCUT2D eigenvalue weighted by Gasteiger charge is 2.11. The van der Waals surface area contributed by atoms with Crippen molar-refractivity contribution in [3.63, 3.8) is 0 Å². The first kappa shape index (κ1) is 16.0. The minimum absolute atomic E-state index is 0.0701. The molecule has 1 aromatic heterocycles. The monoisotopic (exact) mass is 337 g/mol. The van der Waals surface area contributed by atoms with E-state index < -0.39 is 0 Å². The number of ketones is 1. The van der Waals surface area contributed by atoms with E-state index in [1.54, 1.807) is 36.4 Å². The molecule has 0 aliphatic carbocycles. The van der Waals surface area contributed by atoms with Crippen molar-refractivity contribution in [1.29, 1.82) is 0 Å². The molecule has 0 bridgehead atoms. The Balaban J connectivity index is 1.56. The summed E-state index contributed by atoms with van der Waals surface area (Å²) < 4.78 is 0. The fourth-order valence-electron chi connectivity index (χ4n) is 2.15. The van der Waals surface area contributed by atoms with E-state index in [9.17, 15) is 9.59 Å². The lowest BCUT2D eigenvalue weighted by Gasteiger charge is -2.00. The van der Waals surface area contributed by atoms with E-state index in [2.05, 4.69) is 15.5 Å². The Morgan fingerprint density at radius 2 is 1.50 bits per heavy atom. The molecule has 0 aliphatic rings. The first-order valence-electron chi connectivity index (χ1n) is 7.49. The lowest BCUT2D eigenvalue weighted by atomic mass is 10.1. The Kier molecular flexibility index (Phi) is 5.08. The topological polar surface area (TPSA) is 72.0 Å². The second-order valence-corrected chi connectivity index (χ2v) is 6.17. The number of benzene rings is 2. The molecular weight excluding hydrogens is 322 g/mol. The summed E-state index contributed by atoms with van der Waals surface area (Å²) in [4.78, 5) is 24.1. The van der Waals surface area contributed by atoms with E-state index in [0.29, 0.717) is 29.1 Å². The number of hydrogen-bond acceptors (Lipinski definition) is 5. The number of aryl methyl sites for hydroxylation is 1. The first-order valence-corrected chi connectivity index (χ1v) is 8.31. The summed E-state index contributed by atoms with van der Waals surface area (Å²) in [7, 11) is 0. The molecule has 3 rings (SSSR count). The van der Waals surface area contributed by atoms with Gasteiger partial charge in [-0.1, -0.05) is 59.9 Å². The second kappa shape index (κ2) is 7.61. The number of Topliss-reactive ketones (excluding diaryl/α,β-unsaturated/α-hetero) is 1. The van der Waals surface area contributed by atoms with E-state index in [4.69, 9.17) is 0 Å². The maximum Gasteiger partial charge on any atom is 0.257 e. The number of hydrogen-bond donors (Lipinski definition) is 1. The lowest BCUT2D eigenvalue weighted by Crippen LogP contribution is -2.11. The Labute approximate surface area is 143 Å². The number of anilines is 1. The predicted octanol–water partition coefficient (Wildman–Crippen LogP) is 3.61. The average Bonchev–Trinajstić information content (AvgIpc) is 3.08. The zero-order valence-electron chi connectivity index (χ0n) is 12.8. The van der Waals surface area contributed by atoms with Gasteiger partial charge in [0.1, 0.15) is 5.01 Å². The van der Waals surface area contributed by atoms with Crippen LogP contribution < -0.4 is 5.32 Å². The molecule has 0 aliphatic heterocycles. The minimum Gasteiger partial charge on any atom is -0.296 e. The molecule has 5 nitrogen and oxygen atoms in total. The number of carbonyl (C=O) groups excluding carboxylic acids is 2. The van der Waals surface area contributed by atoms with Crippen LogP contribution in [0.2, 0.25) is 0 Å². The molecule has 1 heterocycles. The minimum atomic E-state index is -0.223. The Morgan fingerprint density at radius 1 is 0.875 bits per heavy atom. The SMILES string of the molecule is O=C(CCc1nnc(NC(=O)c2ccccc2)s1)c1ccccc1. The van der Waals surface area contributed by atoms with Crippen LogP contribution >= 0.6 is 11.3 Å². The number of aromatic nitrogens is 2. The first-order chi connectivity index (χ1) is 11.7. The Morgan fingerprint density at radius 3 is 2.17 bits per heavy atom. The maximum absolute atomic E-state index is 12.1. The number of carbonyl (C=O) groups is 2. The maximum atomic E-state index is 12.1. The van der Waals surface area contributed by atoms with Gasteiger partial charge in [0.05, 0.1) is 0 Å². The fourth-order valence-corrected chi connectivity index (χ4v) is 2.89. The summed E-state index contributed by atoms with van der Waals surface area (Å²) in [5.74, 6) is -0.153. The average molecular weight is 337 g/mol. The van der Waals surface area contributed by atoms with Gasteiger partial charge in [-0.2, -0.15) is 0 Å². The van der Waals surface area contributed by atoms with Crippen molar-refractivity contribution in [2.45, 2.75) is 12.8 Å². The van der Waals surface area contributed by atoms with Crippen molar-refractivity contribution in [1.82, 2.24) is 10.2 Å². The van der Waals surface area contributed by atoms with Crippen molar-refractivity contribution in [3.05, 3.63) is 76.8 Å². The highest BCUT2D eigenvalue weighted by Crippen LogP contribution is 2.18. The molecule has 0 fully saturated rings. The van der Waals surface area contributed by atoms with Crippen LogP contribution in [0.1, 0.15) is 32.1 Å². The molecule has 3 aromatic rings. The van der Waals surface area contributed by atoms with Crippen LogP contribution in [0.3, 0.4) is 0 Å². The predicted molar refractivity (Wildman–Crippen MR) is 93.4 cm³/mol. The molecule has 0 radical (unpaired) electrons. The highest BCUT2D eigenvalue weighted by atomic mass is 32.1. The van der Waals surface area contributed by atoms with Gasteiger partial charge in [0.15, 0.2) is 5.78 Å². The van der Waals surface area contributed by atoms with Crippen molar-refractivity contribution in [2.75, 3.05) is 5.32 Å². The van der Waals surface area contributed by atoms with Crippen LogP contribution in [-0.4, -0.2) is 21.9 Å². The van der Waals surface area contributed by atoms with E-state index in [-0.39, 0.29) is 11.7 Å². The standard InChI is InChI=1S/C18H15N3O2S/c22-15(13-7-3-1-4-8-13)11-12-16-20-21-18(24-16)19-17(23)14-9-5-2-6-10-14/h1-10H,11-12H2,(H,19,21,23). The van der Waals surface area contributed by atoms with Gasteiger partial charge < -0.3 is 0 Å². The number of amides is 1. The molecule has 6 heteroatoms. The molecule has 120 valence electrons. The molecule has 2 aromatic carbocycles. The van der Waals surface area contributed by atoms with Gasteiger partial charge in [-0.3, -0.25) is 14.9 Å². The van der Waals surface area contributed by atoms with Crippen molar-refractivity contribution in [2.24, 2.45) is 0 Å². The molecule has 0 saturated heterocycles. The summed E-state index contributed by atoms with van der Waals surface area (Å²) in [6, 6.07) is 18.1. The van der Waals surface area contributed by atoms with Crippen LogP contribution in [0.15, 0.2) is 60.7 Å². The van der Waals surface area contributed by atoms with Gasteiger partial charge in [-0.15, -0.1) is 10.2 Å². The third-order valence-corrected chi connectivity index (χ3v) is 4.28. The lowest BCUT2D eigenvalue weighted by molar-refractivity contribution is 0.0981. The van der Waals surface area contributed by atoms with Gasteiger partial charge in [0.25, 0.3) is 5.91 Å². The van der Waals surface area contributed by atoms with Gasteiger partial charge in [-0.05, 0) is 12.1 Å². The summed E-state index contributed by atoms with van der Waals surface area (Å²) >= 11 is 1.29. The van der Waals surface area contributed by atoms with Gasteiger partial charge >= 0.3 is 0 Å². The summed E-state index contributed by atoms with van der Waals surface area (Å²) in [5, 5.41) is 11.9. The second-order valence-electron chi connectivity index (χ2n) is 5.11. The van der Waals surface area contributed by atoms with Crippen molar-refractivity contribution in [3.8, 4) is 0 Å². The Hall–Kier alpha value is -2.86. The normalized spacial score (nSPS) is 10.3. The van der Waals surface area contributed by atoms with Gasteiger partial charge in [0.2, 0.25) is 5.13 Å². The van der Waals surface area contributed by atoms with Gasteiger partial charge in [-0.25, -0.2) is 0 Å². The summed E-state index contributed by atoms with van der Waals surface area (Å²) in [5.41, 5.74) is 1.26.